The number of benzene rings is 1. The first-order valence-electron chi connectivity index (χ1n) is 7.31. The van der Waals surface area contributed by atoms with E-state index in [2.05, 4.69) is 20.3 Å². The molecular weight excluding hydrogens is 344 g/mol. The lowest BCUT2D eigenvalue weighted by Crippen LogP contribution is -2.02. The van der Waals surface area contributed by atoms with Gasteiger partial charge < -0.3 is 19.5 Å². The predicted molar refractivity (Wildman–Crippen MR) is 94.2 cm³/mol. The van der Waals surface area contributed by atoms with Gasteiger partial charge in [0.15, 0.2) is 5.75 Å². The molecule has 7 nitrogen and oxygen atoms in total. The second-order valence-corrected chi connectivity index (χ2v) is 5.20. The maximum atomic E-state index is 6.10. The van der Waals surface area contributed by atoms with Crippen molar-refractivity contribution in [2.45, 2.75) is 0 Å². The van der Waals surface area contributed by atoms with Crippen LogP contribution in [0.4, 0.5) is 11.6 Å². The van der Waals surface area contributed by atoms with Gasteiger partial charge in [-0.25, -0.2) is 4.98 Å². The lowest BCUT2D eigenvalue weighted by atomic mass is 10.3. The Hall–Kier alpha value is -3.06. The molecule has 0 aliphatic heterocycles. The molecule has 1 aromatic carbocycles. The number of hydrogen-bond donors (Lipinski definition) is 1. The summed E-state index contributed by atoms with van der Waals surface area (Å²) in [6, 6.07) is 12.3. The summed E-state index contributed by atoms with van der Waals surface area (Å²) in [5.41, 5.74) is 0.638. The summed E-state index contributed by atoms with van der Waals surface area (Å²) in [7, 11) is 3.04. The summed E-state index contributed by atoms with van der Waals surface area (Å²) >= 11 is 6.10. The molecule has 0 fully saturated rings. The topological polar surface area (TPSA) is 78.4 Å². The highest BCUT2D eigenvalue weighted by molar-refractivity contribution is 6.31. The van der Waals surface area contributed by atoms with Crippen molar-refractivity contribution in [1.82, 2.24) is 15.0 Å². The number of nitrogens with zero attached hydrogens (tertiary/aromatic N) is 3. The summed E-state index contributed by atoms with van der Waals surface area (Å²) in [5.74, 6) is 1.89. The third kappa shape index (κ3) is 4.07. The Kier molecular flexibility index (Phi) is 5.15. The Morgan fingerprint density at radius 2 is 1.68 bits per heavy atom. The van der Waals surface area contributed by atoms with Crippen molar-refractivity contribution in [3.8, 4) is 23.4 Å². The fraction of sp³-hybridized carbons (Fsp3) is 0.118. The standard InChI is InChI=1S/C17H15ClN4O3/c1-23-14-10-15(24-2)22-17(21-14)20-12-7-3-4-8-13(12)25-16-11(18)6-5-9-19-16/h3-10H,1-2H3,(H,20,21,22). The number of ether oxygens (including phenoxy) is 3. The molecule has 8 heteroatoms. The molecule has 25 heavy (non-hydrogen) atoms. The molecular formula is C17H15ClN4O3. The minimum absolute atomic E-state index is 0.305. The zero-order valence-electron chi connectivity index (χ0n) is 13.6. The van der Waals surface area contributed by atoms with Gasteiger partial charge in [-0.1, -0.05) is 23.7 Å². The minimum Gasteiger partial charge on any atom is -0.481 e. The van der Waals surface area contributed by atoms with Crippen LogP contribution in [0, 0.1) is 0 Å². The number of halogens is 1. The zero-order valence-corrected chi connectivity index (χ0v) is 14.3. The minimum atomic E-state index is 0.305. The molecule has 0 saturated heterocycles. The molecule has 1 N–H and O–H groups in total. The highest BCUT2D eigenvalue weighted by Crippen LogP contribution is 2.33. The lowest BCUT2D eigenvalue weighted by molar-refractivity contribution is 0.373. The predicted octanol–water partition coefficient (Wildman–Crippen LogP) is 4.08. The smallest absolute Gasteiger partial charge is 0.238 e. The summed E-state index contributed by atoms with van der Waals surface area (Å²) < 4.78 is 16.1. The van der Waals surface area contributed by atoms with Crippen LogP contribution in [0.15, 0.2) is 48.7 Å². The van der Waals surface area contributed by atoms with E-state index in [1.807, 2.05) is 18.2 Å². The number of hydrogen-bond acceptors (Lipinski definition) is 7. The number of pyridine rings is 1. The molecule has 0 amide bonds. The molecule has 0 aliphatic rings. The van der Waals surface area contributed by atoms with Gasteiger partial charge in [-0.15, -0.1) is 0 Å². The van der Waals surface area contributed by atoms with Gasteiger partial charge in [-0.3, -0.25) is 0 Å². The fourth-order valence-electron chi connectivity index (χ4n) is 2.00. The van der Waals surface area contributed by atoms with Gasteiger partial charge in [-0.05, 0) is 24.3 Å². The second kappa shape index (κ2) is 7.67. The van der Waals surface area contributed by atoms with Crippen molar-refractivity contribution in [3.05, 3.63) is 53.7 Å². The molecule has 0 spiro atoms. The number of nitrogens with one attached hydrogen (secondary N) is 1. The molecule has 2 aromatic heterocycles. The van der Waals surface area contributed by atoms with Crippen molar-refractivity contribution in [1.29, 1.82) is 0 Å². The SMILES string of the molecule is COc1cc(OC)nc(Nc2ccccc2Oc2ncccc2Cl)n1. The summed E-state index contributed by atoms with van der Waals surface area (Å²) in [4.78, 5) is 12.6. The molecule has 0 atom stereocenters. The van der Waals surface area contributed by atoms with Gasteiger partial charge in [0.05, 0.1) is 26.0 Å². The van der Waals surface area contributed by atoms with E-state index in [1.165, 1.54) is 14.2 Å². The molecule has 2 heterocycles. The average Bonchev–Trinajstić information content (AvgIpc) is 2.64. The summed E-state index contributed by atoms with van der Waals surface area (Å²) in [6.45, 7) is 0. The fourth-order valence-corrected chi connectivity index (χ4v) is 2.16. The number of anilines is 2. The van der Waals surface area contributed by atoms with Crippen LogP contribution in [0.2, 0.25) is 5.02 Å². The first-order valence-corrected chi connectivity index (χ1v) is 7.69. The van der Waals surface area contributed by atoms with Gasteiger partial charge >= 0.3 is 0 Å². The van der Waals surface area contributed by atoms with E-state index in [4.69, 9.17) is 25.8 Å². The number of rotatable bonds is 6. The van der Waals surface area contributed by atoms with E-state index in [9.17, 15) is 0 Å². The van der Waals surface area contributed by atoms with Gasteiger partial charge in [0.1, 0.15) is 5.02 Å². The summed E-state index contributed by atoms with van der Waals surface area (Å²) in [6.07, 6.45) is 1.60. The number of aromatic nitrogens is 3. The quantitative estimate of drug-likeness (QED) is 0.711. The molecule has 0 radical (unpaired) electrons. The number of methoxy groups -OCH3 is 2. The first-order chi connectivity index (χ1) is 12.2. The third-order valence-electron chi connectivity index (χ3n) is 3.16. The number of para-hydroxylation sites is 2. The van der Waals surface area contributed by atoms with Crippen molar-refractivity contribution < 1.29 is 14.2 Å². The van der Waals surface area contributed by atoms with Crippen molar-refractivity contribution in [3.63, 3.8) is 0 Å². The van der Waals surface area contributed by atoms with E-state index in [0.717, 1.165) is 0 Å². The Bertz CT molecular complexity index is 854. The van der Waals surface area contributed by atoms with Crippen LogP contribution in [-0.2, 0) is 0 Å². The normalized spacial score (nSPS) is 10.2. The van der Waals surface area contributed by atoms with Crippen LogP contribution < -0.4 is 19.5 Å². The van der Waals surface area contributed by atoms with E-state index in [0.29, 0.717) is 40.0 Å². The molecule has 3 rings (SSSR count). The largest absolute Gasteiger partial charge is 0.481 e. The van der Waals surface area contributed by atoms with E-state index < -0.39 is 0 Å². The van der Waals surface area contributed by atoms with Gasteiger partial charge in [0.25, 0.3) is 0 Å². The molecule has 0 aliphatic carbocycles. The first kappa shape index (κ1) is 16.8. The average molecular weight is 359 g/mol. The van der Waals surface area contributed by atoms with Crippen LogP contribution in [0.3, 0.4) is 0 Å². The Balaban J connectivity index is 1.90. The van der Waals surface area contributed by atoms with Gasteiger partial charge in [-0.2, -0.15) is 9.97 Å². The van der Waals surface area contributed by atoms with E-state index in [1.54, 1.807) is 30.5 Å². The van der Waals surface area contributed by atoms with Crippen molar-refractivity contribution in [2.75, 3.05) is 19.5 Å². The molecule has 0 bridgehead atoms. The van der Waals surface area contributed by atoms with Crippen LogP contribution in [-0.4, -0.2) is 29.2 Å². The van der Waals surface area contributed by atoms with Crippen molar-refractivity contribution in [2.24, 2.45) is 0 Å². The third-order valence-corrected chi connectivity index (χ3v) is 3.45. The Morgan fingerprint density at radius 1 is 0.960 bits per heavy atom. The lowest BCUT2D eigenvalue weighted by Gasteiger charge is -2.13. The van der Waals surface area contributed by atoms with Crippen molar-refractivity contribution >= 4 is 23.2 Å². The molecule has 3 aromatic rings. The summed E-state index contributed by atoms with van der Waals surface area (Å²) in [5, 5.41) is 3.50. The van der Waals surface area contributed by atoms with E-state index >= 15 is 0 Å². The Labute approximate surface area is 149 Å². The molecule has 0 unspecified atom stereocenters. The van der Waals surface area contributed by atoms with Crippen LogP contribution >= 0.6 is 11.6 Å². The van der Waals surface area contributed by atoms with Gasteiger partial charge in [0, 0.05) is 6.20 Å². The highest BCUT2D eigenvalue weighted by atomic mass is 35.5. The molecule has 0 saturated carbocycles. The highest BCUT2D eigenvalue weighted by Gasteiger charge is 2.11. The second-order valence-electron chi connectivity index (χ2n) is 4.79. The van der Waals surface area contributed by atoms with E-state index in [-0.39, 0.29) is 0 Å². The van der Waals surface area contributed by atoms with Crippen LogP contribution in [0.25, 0.3) is 0 Å². The van der Waals surface area contributed by atoms with Crippen LogP contribution in [0.1, 0.15) is 0 Å². The Morgan fingerprint density at radius 3 is 2.36 bits per heavy atom. The maximum absolute atomic E-state index is 6.10. The maximum Gasteiger partial charge on any atom is 0.238 e. The molecule has 128 valence electrons. The van der Waals surface area contributed by atoms with Crippen LogP contribution in [0.5, 0.6) is 23.4 Å². The monoisotopic (exact) mass is 358 g/mol. The van der Waals surface area contributed by atoms with Gasteiger partial charge in [0.2, 0.25) is 23.6 Å². The zero-order chi connectivity index (χ0) is 17.6.